The molecule has 8 heteroatoms. The maximum absolute atomic E-state index is 5.34. The van der Waals surface area contributed by atoms with E-state index < -0.39 is 0 Å². The van der Waals surface area contributed by atoms with E-state index >= 15 is 0 Å². The Kier molecular flexibility index (Phi) is 4.76. The van der Waals surface area contributed by atoms with Crippen LogP contribution in [0.4, 0.5) is 11.6 Å². The fourth-order valence-electron chi connectivity index (χ4n) is 2.16. The highest BCUT2D eigenvalue weighted by atomic mass is 32.1. The zero-order valence-electron chi connectivity index (χ0n) is 13.4. The average Bonchev–Trinajstić information content (AvgIpc) is 3.15. The largest absolute Gasteiger partial charge is 0.493 e. The van der Waals surface area contributed by atoms with E-state index in [0.717, 1.165) is 4.88 Å². The summed E-state index contributed by atoms with van der Waals surface area (Å²) < 4.78 is 16.0. The number of anilines is 2. The number of ether oxygens (including phenoxy) is 3. The predicted molar refractivity (Wildman–Crippen MR) is 92.5 cm³/mol. The van der Waals surface area contributed by atoms with Crippen molar-refractivity contribution < 1.29 is 14.2 Å². The number of aromatic nitrogens is 3. The molecule has 3 rings (SSSR count). The van der Waals surface area contributed by atoms with Crippen LogP contribution in [0.15, 0.2) is 36.0 Å². The first-order valence-corrected chi connectivity index (χ1v) is 7.93. The van der Waals surface area contributed by atoms with Crippen molar-refractivity contribution >= 4 is 23.0 Å². The molecule has 2 heterocycles. The van der Waals surface area contributed by atoms with Crippen molar-refractivity contribution in [1.82, 2.24) is 15.0 Å². The summed E-state index contributed by atoms with van der Waals surface area (Å²) in [5.74, 6) is 2.68. The number of nitrogens with zero attached hydrogens (tertiary/aromatic N) is 3. The lowest BCUT2D eigenvalue weighted by Crippen LogP contribution is -2.01. The molecule has 0 saturated heterocycles. The first-order valence-electron chi connectivity index (χ1n) is 7.05. The number of hydrogen-bond acceptors (Lipinski definition) is 8. The summed E-state index contributed by atoms with van der Waals surface area (Å²) in [4.78, 5) is 13.8. The Balaban J connectivity index is 1.92. The number of benzene rings is 1. The number of hydrogen-bond donors (Lipinski definition) is 1. The second kappa shape index (κ2) is 7.14. The molecule has 1 N–H and O–H groups in total. The van der Waals surface area contributed by atoms with Crippen LogP contribution in [0, 0.1) is 0 Å². The minimum atomic E-state index is 0.433. The van der Waals surface area contributed by atoms with Gasteiger partial charge in [-0.25, -0.2) is 9.97 Å². The first kappa shape index (κ1) is 16.0. The number of rotatable bonds is 6. The van der Waals surface area contributed by atoms with Gasteiger partial charge in [-0.2, -0.15) is 4.98 Å². The molecule has 0 spiro atoms. The lowest BCUT2D eigenvalue weighted by Gasteiger charge is -2.14. The monoisotopic (exact) mass is 344 g/mol. The zero-order valence-corrected chi connectivity index (χ0v) is 14.3. The van der Waals surface area contributed by atoms with E-state index in [4.69, 9.17) is 14.2 Å². The second-order valence-electron chi connectivity index (χ2n) is 4.65. The van der Waals surface area contributed by atoms with Gasteiger partial charge in [0, 0.05) is 17.8 Å². The smallest absolute Gasteiger partial charge is 0.230 e. The first-order chi connectivity index (χ1) is 11.7. The molecular formula is C16H16N4O3S. The van der Waals surface area contributed by atoms with Gasteiger partial charge >= 0.3 is 0 Å². The van der Waals surface area contributed by atoms with Gasteiger partial charge in [0.15, 0.2) is 17.3 Å². The third-order valence-electron chi connectivity index (χ3n) is 3.23. The summed E-state index contributed by atoms with van der Waals surface area (Å²) in [6.45, 7) is 0. The van der Waals surface area contributed by atoms with Crippen molar-refractivity contribution in [3.8, 4) is 28.0 Å². The highest BCUT2D eigenvalue weighted by Crippen LogP contribution is 2.40. The molecule has 0 unspecified atom stereocenters. The summed E-state index contributed by atoms with van der Waals surface area (Å²) >= 11 is 1.57. The molecule has 24 heavy (non-hydrogen) atoms. The van der Waals surface area contributed by atoms with E-state index in [9.17, 15) is 0 Å². The Morgan fingerprint density at radius 3 is 2.33 bits per heavy atom. The summed E-state index contributed by atoms with van der Waals surface area (Å²) in [5, 5.41) is 5.11. The van der Waals surface area contributed by atoms with Crippen LogP contribution in [0.5, 0.6) is 17.2 Å². The van der Waals surface area contributed by atoms with Crippen LogP contribution in [0.1, 0.15) is 0 Å². The molecule has 124 valence electrons. The Morgan fingerprint density at radius 1 is 1.00 bits per heavy atom. The van der Waals surface area contributed by atoms with Crippen molar-refractivity contribution in [1.29, 1.82) is 0 Å². The Morgan fingerprint density at radius 2 is 1.75 bits per heavy atom. The third kappa shape index (κ3) is 3.23. The molecule has 0 aliphatic heterocycles. The van der Waals surface area contributed by atoms with E-state index in [1.165, 1.54) is 6.33 Å². The molecule has 0 atom stereocenters. The lowest BCUT2D eigenvalue weighted by molar-refractivity contribution is 0.324. The topological polar surface area (TPSA) is 78.4 Å². The van der Waals surface area contributed by atoms with Crippen molar-refractivity contribution in [2.45, 2.75) is 0 Å². The van der Waals surface area contributed by atoms with Crippen molar-refractivity contribution in [2.75, 3.05) is 26.6 Å². The predicted octanol–water partition coefficient (Wildman–Crippen LogP) is 3.37. The molecule has 0 amide bonds. The molecule has 0 aliphatic rings. The standard InChI is InChI=1S/C16H16N4O3S/c1-21-11-7-10(8-12(22-2)14(11)23-3)19-16-18-9-17-15(20-16)13-5-4-6-24-13/h4-9H,1-3H3,(H,17,18,19,20). The van der Waals surface area contributed by atoms with Gasteiger partial charge in [0.25, 0.3) is 0 Å². The van der Waals surface area contributed by atoms with Gasteiger partial charge in [0.2, 0.25) is 11.7 Å². The third-order valence-corrected chi connectivity index (χ3v) is 4.10. The molecule has 7 nitrogen and oxygen atoms in total. The average molecular weight is 344 g/mol. The Labute approximate surface area is 143 Å². The molecule has 0 fully saturated rings. The minimum Gasteiger partial charge on any atom is -0.493 e. The molecule has 0 radical (unpaired) electrons. The molecule has 0 aliphatic carbocycles. The van der Waals surface area contributed by atoms with Crippen molar-refractivity contribution in [3.05, 3.63) is 36.0 Å². The minimum absolute atomic E-state index is 0.433. The maximum atomic E-state index is 5.34. The van der Waals surface area contributed by atoms with Gasteiger partial charge in [0.05, 0.1) is 26.2 Å². The summed E-state index contributed by atoms with van der Waals surface area (Å²) in [5.41, 5.74) is 0.716. The van der Waals surface area contributed by atoms with Crippen LogP contribution in [-0.2, 0) is 0 Å². The summed E-state index contributed by atoms with van der Waals surface area (Å²) in [7, 11) is 4.70. The van der Waals surface area contributed by atoms with Crippen LogP contribution < -0.4 is 19.5 Å². The Bertz CT molecular complexity index is 799. The quantitative estimate of drug-likeness (QED) is 0.734. The van der Waals surface area contributed by atoms with Gasteiger partial charge in [-0.15, -0.1) is 11.3 Å². The molecule has 0 saturated carbocycles. The van der Waals surface area contributed by atoms with E-state index in [0.29, 0.717) is 34.7 Å². The van der Waals surface area contributed by atoms with E-state index in [-0.39, 0.29) is 0 Å². The van der Waals surface area contributed by atoms with Crippen LogP contribution in [0.25, 0.3) is 10.7 Å². The molecule has 2 aromatic heterocycles. The maximum Gasteiger partial charge on any atom is 0.230 e. The number of nitrogens with one attached hydrogen (secondary N) is 1. The highest BCUT2D eigenvalue weighted by molar-refractivity contribution is 7.13. The number of thiophene rings is 1. The van der Waals surface area contributed by atoms with E-state index in [2.05, 4.69) is 20.3 Å². The fourth-order valence-corrected chi connectivity index (χ4v) is 2.83. The van der Waals surface area contributed by atoms with Crippen LogP contribution in [0.3, 0.4) is 0 Å². The zero-order chi connectivity index (χ0) is 16.9. The van der Waals surface area contributed by atoms with Crippen molar-refractivity contribution in [3.63, 3.8) is 0 Å². The fraction of sp³-hybridized carbons (Fsp3) is 0.188. The van der Waals surface area contributed by atoms with Gasteiger partial charge in [-0.3, -0.25) is 0 Å². The van der Waals surface area contributed by atoms with Gasteiger partial charge in [-0.1, -0.05) is 6.07 Å². The van der Waals surface area contributed by atoms with Crippen LogP contribution in [0.2, 0.25) is 0 Å². The van der Waals surface area contributed by atoms with Crippen LogP contribution in [-0.4, -0.2) is 36.3 Å². The Hall–Kier alpha value is -2.87. The van der Waals surface area contributed by atoms with Gasteiger partial charge < -0.3 is 19.5 Å². The SMILES string of the molecule is COc1cc(Nc2ncnc(-c3cccs3)n2)cc(OC)c1OC. The summed E-state index contributed by atoms with van der Waals surface area (Å²) in [6, 6.07) is 7.49. The molecule has 0 bridgehead atoms. The normalized spacial score (nSPS) is 10.3. The lowest BCUT2D eigenvalue weighted by atomic mass is 10.2. The van der Waals surface area contributed by atoms with E-state index in [1.54, 1.807) is 44.8 Å². The second-order valence-corrected chi connectivity index (χ2v) is 5.60. The van der Waals surface area contributed by atoms with Crippen molar-refractivity contribution in [2.24, 2.45) is 0 Å². The van der Waals surface area contributed by atoms with Crippen LogP contribution >= 0.6 is 11.3 Å². The molecule has 1 aromatic carbocycles. The number of methoxy groups -OCH3 is 3. The van der Waals surface area contributed by atoms with E-state index in [1.807, 2.05) is 17.5 Å². The van der Waals surface area contributed by atoms with Gasteiger partial charge in [0.1, 0.15) is 6.33 Å². The highest BCUT2D eigenvalue weighted by Gasteiger charge is 2.14. The van der Waals surface area contributed by atoms with Gasteiger partial charge in [-0.05, 0) is 11.4 Å². The summed E-state index contributed by atoms with van der Waals surface area (Å²) in [6.07, 6.45) is 1.47. The molecule has 3 aromatic rings. The molecular weight excluding hydrogens is 328 g/mol.